The Kier molecular flexibility index (Phi) is 6.39. The number of pyridine rings is 1. The summed E-state index contributed by atoms with van der Waals surface area (Å²) < 4.78 is 29.6. The average molecular weight is 452 g/mol. The second-order valence-electron chi connectivity index (χ2n) is 5.94. The summed E-state index contributed by atoms with van der Waals surface area (Å²) in [6.45, 7) is 0. The number of anilines is 1. The molecule has 1 amide bonds. The van der Waals surface area contributed by atoms with Crippen LogP contribution in [0.2, 0.25) is 10.2 Å². The lowest BCUT2D eigenvalue weighted by Gasteiger charge is -2.12. The standard InChI is InChI=1S/C19H15Cl2N3O4S/c20-15-4-2-1-3-12(15)9-19(25)24-13-5-7-16(17(10-13)29(22,26)27)28-14-6-8-18(21)23-11-14/h1-8,10-11H,9H2,(H,24,25)(H2,22,26,27). The number of benzene rings is 2. The average Bonchev–Trinajstić information content (AvgIpc) is 2.66. The molecule has 0 fully saturated rings. The number of primary sulfonamides is 1. The number of carbonyl (C=O) groups is 1. The van der Waals surface area contributed by atoms with Crippen molar-refractivity contribution in [3.05, 3.63) is 76.5 Å². The summed E-state index contributed by atoms with van der Waals surface area (Å²) in [7, 11) is -4.13. The summed E-state index contributed by atoms with van der Waals surface area (Å²) in [6.07, 6.45) is 1.37. The molecule has 1 heterocycles. The summed E-state index contributed by atoms with van der Waals surface area (Å²) in [6, 6.07) is 14.1. The SMILES string of the molecule is NS(=O)(=O)c1cc(NC(=O)Cc2ccccc2Cl)ccc1Oc1ccc(Cl)nc1. The maximum atomic E-state index is 12.3. The van der Waals surface area contributed by atoms with E-state index in [0.29, 0.717) is 10.6 Å². The molecule has 0 atom stereocenters. The highest BCUT2D eigenvalue weighted by Crippen LogP contribution is 2.31. The Morgan fingerprint density at radius 2 is 1.86 bits per heavy atom. The zero-order chi connectivity index (χ0) is 21.0. The molecule has 0 radical (unpaired) electrons. The highest BCUT2D eigenvalue weighted by molar-refractivity contribution is 7.89. The minimum atomic E-state index is -4.13. The third-order valence-electron chi connectivity index (χ3n) is 3.77. The molecule has 3 rings (SSSR count). The van der Waals surface area contributed by atoms with E-state index in [1.807, 2.05) is 0 Å². The molecule has 0 aliphatic heterocycles. The van der Waals surface area contributed by atoms with Gasteiger partial charge in [-0.3, -0.25) is 4.79 Å². The van der Waals surface area contributed by atoms with Crippen molar-refractivity contribution in [2.75, 3.05) is 5.32 Å². The van der Waals surface area contributed by atoms with Gasteiger partial charge >= 0.3 is 0 Å². The van der Waals surface area contributed by atoms with Gasteiger partial charge in [-0.1, -0.05) is 41.4 Å². The van der Waals surface area contributed by atoms with Crippen molar-refractivity contribution in [2.24, 2.45) is 5.14 Å². The highest BCUT2D eigenvalue weighted by Gasteiger charge is 2.18. The van der Waals surface area contributed by atoms with Crippen LogP contribution in [0, 0.1) is 0 Å². The molecule has 7 nitrogen and oxygen atoms in total. The molecule has 0 aliphatic carbocycles. The van der Waals surface area contributed by atoms with Gasteiger partial charge in [-0.05, 0) is 42.0 Å². The summed E-state index contributed by atoms with van der Waals surface area (Å²) in [4.78, 5) is 15.9. The van der Waals surface area contributed by atoms with Gasteiger partial charge in [0.05, 0.1) is 12.6 Å². The number of hydrogen-bond donors (Lipinski definition) is 2. The molecule has 3 aromatic rings. The molecule has 3 N–H and O–H groups in total. The Labute approximate surface area is 177 Å². The van der Waals surface area contributed by atoms with Crippen LogP contribution in [0.3, 0.4) is 0 Å². The zero-order valence-corrected chi connectivity index (χ0v) is 17.1. The minimum Gasteiger partial charge on any atom is -0.454 e. The van der Waals surface area contributed by atoms with Gasteiger partial charge in [0.15, 0.2) is 0 Å². The smallest absolute Gasteiger partial charge is 0.241 e. The third kappa shape index (κ3) is 5.68. The Morgan fingerprint density at radius 3 is 2.52 bits per heavy atom. The first kappa shape index (κ1) is 21.1. The Hall–Kier alpha value is -2.65. The molecule has 0 bridgehead atoms. The van der Waals surface area contributed by atoms with Crippen molar-refractivity contribution in [3.63, 3.8) is 0 Å². The maximum absolute atomic E-state index is 12.3. The Bertz CT molecular complexity index is 1150. The molecule has 0 aliphatic rings. The molecule has 0 spiro atoms. The number of hydrogen-bond acceptors (Lipinski definition) is 5. The Morgan fingerprint density at radius 1 is 1.10 bits per heavy atom. The molecule has 10 heteroatoms. The normalized spacial score (nSPS) is 11.1. The van der Waals surface area contributed by atoms with Crippen LogP contribution in [0.15, 0.2) is 65.7 Å². The molecule has 150 valence electrons. The molecule has 1 aromatic heterocycles. The van der Waals surface area contributed by atoms with Gasteiger partial charge in [0, 0.05) is 10.7 Å². The van der Waals surface area contributed by atoms with Gasteiger partial charge in [-0.15, -0.1) is 0 Å². The van der Waals surface area contributed by atoms with Crippen LogP contribution in [0.5, 0.6) is 11.5 Å². The van der Waals surface area contributed by atoms with E-state index >= 15 is 0 Å². The van der Waals surface area contributed by atoms with E-state index in [0.717, 1.165) is 0 Å². The van der Waals surface area contributed by atoms with Gasteiger partial charge in [0.25, 0.3) is 0 Å². The van der Waals surface area contributed by atoms with E-state index in [4.69, 9.17) is 33.1 Å². The van der Waals surface area contributed by atoms with Crippen LogP contribution in [0.4, 0.5) is 5.69 Å². The van der Waals surface area contributed by atoms with Gasteiger partial charge < -0.3 is 10.1 Å². The first-order chi connectivity index (χ1) is 13.7. The number of amides is 1. The summed E-state index contributed by atoms with van der Waals surface area (Å²) >= 11 is 11.8. The summed E-state index contributed by atoms with van der Waals surface area (Å²) in [5.74, 6) is -0.107. The zero-order valence-electron chi connectivity index (χ0n) is 14.8. The highest BCUT2D eigenvalue weighted by atomic mass is 35.5. The van der Waals surface area contributed by atoms with Gasteiger partial charge in [0.1, 0.15) is 21.5 Å². The lowest BCUT2D eigenvalue weighted by molar-refractivity contribution is -0.115. The van der Waals surface area contributed by atoms with Crippen molar-refractivity contribution in [1.82, 2.24) is 4.98 Å². The second-order valence-corrected chi connectivity index (χ2v) is 8.27. The van der Waals surface area contributed by atoms with E-state index in [-0.39, 0.29) is 39.6 Å². The van der Waals surface area contributed by atoms with E-state index < -0.39 is 10.0 Å². The van der Waals surface area contributed by atoms with Crippen molar-refractivity contribution in [1.29, 1.82) is 0 Å². The fourth-order valence-corrected chi connectivity index (χ4v) is 3.46. The fraction of sp³-hybridized carbons (Fsp3) is 0.0526. The third-order valence-corrected chi connectivity index (χ3v) is 5.30. The molecule has 0 saturated carbocycles. The molecule has 0 unspecified atom stereocenters. The van der Waals surface area contributed by atoms with E-state index in [1.165, 1.54) is 36.5 Å². The lowest BCUT2D eigenvalue weighted by Crippen LogP contribution is -2.17. The summed E-state index contributed by atoms with van der Waals surface area (Å²) in [5.41, 5.74) is 0.890. The topological polar surface area (TPSA) is 111 Å². The van der Waals surface area contributed by atoms with Crippen molar-refractivity contribution in [3.8, 4) is 11.5 Å². The quantitative estimate of drug-likeness (QED) is 0.549. The first-order valence-corrected chi connectivity index (χ1v) is 10.5. The predicted molar refractivity (Wildman–Crippen MR) is 111 cm³/mol. The molecule has 0 saturated heterocycles. The van der Waals surface area contributed by atoms with Crippen LogP contribution >= 0.6 is 23.2 Å². The number of carbonyl (C=O) groups excluding carboxylic acids is 1. The van der Waals surface area contributed by atoms with Crippen molar-refractivity contribution >= 4 is 44.8 Å². The monoisotopic (exact) mass is 451 g/mol. The van der Waals surface area contributed by atoms with E-state index in [9.17, 15) is 13.2 Å². The van der Waals surface area contributed by atoms with Crippen LogP contribution in [-0.2, 0) is 21.2 Å². The fourth-order valence-electron chi connectivity index (χ4n) is 2.46. The minimum absolute atomic E-state index is 0.0132. The van der Waals surface area contributed by atoms with E-state index in [1.54, 1.807) is 24.3 Å². The number of rotatable bonds is 6. The number of ether oxygens (including phenoxy) is 1. The Balaban J connectivity index is 1.83. The number of halogens is 2. The largest absolute Gasteiger partial charge is 0.454 e. The van der Waals surface area contributed by atoms with Gasteiger partial charge in [0.2, 0.25) is 15.9 Å². The number of sulfonamides is 1. The van der Waals surface area contributed by atoms with Crippen LogP contribution in [-0.4, -0.2) is 19.3 Å². The van der Waals surface area contributed by atoms with Crippen molar-refractivity contribution < 1.29 is 17.9 Å². The lowest BCUT2D eigenvalue weighted by atomic mass is 10.1. The molecule has 2 aromatic carbocycles. The second kappa shape index (κ2) is 8.79. The van der Waals surface area contributed by atoms with Gasteiger partial charge in [-0.2, -0.15) is 0 Å². The van der Waals surface area contributed by atoms with E-state index in [2.05, 4.69) is 10.3 Å². The molecular formula is C19H15Cl2N3O4S. The van der Waals surface area contributed by atoms with Crippen molar-refractivity contribution in [2.45, 2.75) is 11.3 Å². The number of nitrogens with two attached hydrogens (primary N) is 1. The number of aromatic nitrogens is 1. The van der Waals surface area contributed by atoms with Crippen LogP contribution in [0.1, 0.15) is 5.56 Å². The van der Waals surface area contributed by atoms with Crippen LogP contribution < -0.4 is 15.2 Å². The number of nitrogens with one attached hydrogen (secondary N) is 1. The van der Waals surface area contributed by atoms with Crippen LogP contribution in [0.25, 0.3) is 0 Å². The number of nitrogens with zero attached hydrogens (tertiary/aromatic N) is 1. The molecule has 29 heavy (non-hydrogen) atoms. The summed E-state index contributed by atoms with van der Waals surface area (Å²) in [5, 5.41) is 8.66. The predicted octanol–water partition coefficient (Wildman–Crippen LogP) is 4.01. The van der Waals surface area contributed by atoms with Gasteiger partial charge in [-0.25, -0.2) is 18.5 Å². The molecular weight excluding hydrogens is 437 g/mol. The first-order valence-electron chi connectivity index (χ1n) is 8.22. The maximum Gasteiger partial charge on any atom is 0.241 e.